The first kappa shape index (κ1) is 14.5. The summed E-state index contributed by atoms with van der Waals surface area (Å²) >= 11 is 6.68. The van der Waals surface area contributed by atoms with E-state index in [1.54, 1.807) is 6.92 Å². The van der Waals surface area contributed by atoms with Crippen LogP contribution in [-0.2, 0) is 11.3 Å². The van der Waals surface area contributed by atoms with Crippen LogP contribution in [0.4, 0.5) is 0 Å². The molecule has 4 nitrogen and oxygen atoms in total. The second-order valence-electron chi connectivity index (χ2n) is 3.45. The Morgan fingerprint density at radius 1 is 1.47 bits per heavy atom. The molecule has 0 saturated carbocycles. The summed E-state index contributed by atoms with van der Waals surface area (Å²) in [6.07, 6.45) is -0.460. The maximum Gasteiger partial charge on any atom is 0.344 e. The summed E-state index contributed by atoms with van der Waals surface area (Å²) in [7, 11) is 0. The van der Waals surface area contributed by atoms with Crippen LogP contribution in [0.3, 0.4) is 0 Å². The van der Waals surface area contributed by atoms with Crippen molar-refractivity contribution in [3.63, 3.8) is 0 Å². The molecule has 1 aromatic rings. The van der Waals surface area contributed by atoms with Gasteiger partial charge in [0.25, 0.3) is 0 Å². The quantitative estimate of drug-likeness (QED) is 0.840. The van der Waals surface area contributed by atoms with Crippen LogP contribution in [0, 0.1) is 0 Å². The molecule has 0 aromatic heterocycles. The minimum atomic E-state index is -0.978. The molecule has 3 N–H and O–H groups in total. The number of ether oxygens (including phenoxy) is 1. The van der Waals surface area contributed by atoms with Gasteiger partial charge in [-0.2, -0.15) is 0 Å². The summed E-state index contributed by atoms with van der Waals surface area (Å²) in [5.41, 5.74) is 6.47. The van der Waals surface area contributed by atoms with Crippen LogP contribution in [0.15, 0.2) is 21.1 Å². The maximum absolute atomic E-state index is 10.9. The Bertz CT molecular complexity index is 400. The van der Waals surface area contributed by atoms with Crippen molar-refractivity contribution in [2.75, 3.05) is 0 Å². The fourth-order valence-corrected chi connectivity index (χ4v) is 2.76. The van der Waals surface area contributed by atoms with Gasteiger partial charge in [0.1, 0.15) is 5.75 Å². The topological polar surface area (TPSA) is 72.5 Å². The zero-order valence-corrected chi connectivity index (χ0v) is 12.4. The minimum absolute atomic E-state index is 0.396. The number of carbonyl (C=O) groups is 1. The molecule has 17 heavy (non-hydrogen) atoms. The molecule has 1 unspecified atom stereocenters. The van der Waals surface area contributed by atoms with Gasteiger partial charge >= 0.3 is 5.97 Å². The smallest absolute Gasteiger partial charge is 0.344 e. The van der Waals surface area contributed by atoms with Gasteiger partial charge in [-0.05, 0) is 56.0 Å². The summed E-state index contributed by atoms with van der Waals surface area (Å²) in [5, 5.41) is 8.94. The normalized spacial score (nSPS) is 12.2. The van der Waals surface area contributed by atoms with Crippen molar-refractivity contribution in [1.82, 2.24) is 0 Å². The highest BCUT2D eigenvalue weighted by molar-refractivity contribution is 9.11. The van der Waals surface area contributed by atoms with Crippen molar-refractivity contribution in [3.8, 4) is 5.75 Å². The van der Waals surface area contributed by atoms with Crippen LogP contribution >= 0.6 is 31.9 Å². The van der Waals surface area contributed by atoms with Gasteiger partial charge in [0, 0.05) is 6.54 Å². The number of hydrogen-bond acceptors (Lipinski definition) is 3. The Balaban J connectivity index is 3.02. The monoisotopic (exact) mass is 365 g/mol. The third kappa shape index (κ3) is 3.69. The van der Waals surface area contributed by atoms with Gasteiger partial charge in [-0.15, -0.1) is 0 Å². The Morgan fingerprint density at radius 2 is 2.00 bits per heavy atom. The summed E-state index contributed by atoms with van der Waals surface area (Å²) in [6.45, 7) is 2.17. The Labute approximate surface area is 116 Å². The van der Waals surface area contributed by atoms with E-state index in [1.165, 1.54) is 0 Å². The van der Waals surface area contributed by atoms with E-state index in [0.717, 1.165) is 5.56 Å². The lowest BCUT2D eigenvalue weighted by atomic mass is 10.2. The molecule has 1 atom stereocenters. The highest BCUT2D eigenvalue weighted by Gasteiger charge is 2.20. The minimum Gasteiger partial charge on any atom is -0.479 e. The van der Waals surface area contributed by atoms with Crippen molar-refractivity contribution in [2.24, 2.45) is 5.73 Å². The van der Waals surface area contributed by atoms with E-state index >= 15 is 0 Å². The van der Waals surface area contributed by atoms with Crippen LogP contribution in [0.2, 0.25) is 0 Å². The average molecular weight is 367 g/mol. The molecule has 6 heteroatoms. The molecule has 0 aliphatic rings. The standard InChI is InChI=1S/C11H13Br2NO3/c1-2-9(11(15)16)17-10-7(12)3-6(5-14)4-8(10)13/h3-4,9H,2,5,14H2,1H3,(H,15,16). The van der Waals surface area contributed by atoms with Crippen molar-refractivity contribution in [2.45, 2.75) is 26.0 Å². The molecule has 1 aromatic carbocycles. The van der Waals surface area contributed by atoms with Crippen molar-refractivity contribution >= 4 is 37.8 Å². The molecule has 0 bridgehead atoms. The van der Waals surface area contributed by atoms with Crippen molar-refractivity contribution in [3.05, 3.63) is 26.6 Å². The molecular weight excluding hydrogens is 354 g/mol. The van der Waals surface area contributed by atoms with Gasteiger partial charge in [-0.3, -0.25) is 0 Å². The first-order valence-corrected chi connectivity index (χ1v) is 6.65. The van der Waals surface area contributed by atoms with E-state index < -0.39 is 12.1 Å². The third-order valence-electron chi connectivity index (χ3n) is 2.20. The number of hydrogen-bond donors (Lipinski definition) is 2. The predicted octanol–water partition coefficient (Wildman–Crippen LogP) is 2.91. The maximum atomic E-state index is 10.9. The van der Waals surface area contributed by atoms with E-state index in [2.05, 4.69) is 31.9 Å². The number of rotatable bonds is 5. The number of carboxylic acids is 1. The zero-order valence-electron chi connectivity index (χ0n) is 9.24. The van der Waals surface area contributed by atoms with E-state index in [4.69, 9.17) is 15.6 Å². The highest BCUT2D eigenvalue weighted by Crippen LogP contribution is 2.35. The molecule has 0 heterocycles. The largest absolute Gasteiger partial charge is 0.479 e. The first-order valence-electron chi connectivity index (χ1n) is 5.07. The molecule has 94 valence electrons. The van der Waals surface area contributed by atoms with E-state index in [9.17, 15) is 4.79 Å². The summed E-state index contributed by atoms with van der Waals surface area (Å²) in [4.78, 5) is 10.9. The molecule has 1 rings (SSSR count). The van der Waals surface area contributed by atoms with Crippen LogP contribution in [0.5, 0.6) is 5.75 Å². The number of carboxylic acid groups (broad SMARTS) is 1. The molecule has 0 amide bonds. The average Bonchev–Trinajstić information content (AvgIpc) is 2.27. The predicted molar refractivity (Wildman–Crippen MR) is 72.1 cm³/mol. The number of halogens is 2. The SMILES string of the molecule is CCC(Oc1c(Br)cc(CN)cc1Br)C(=O)O. The van der Waals surface area contributed by atoms with Crippen molar-refractivity contribution in [1.29, 1.82) is 0 Å². The lowest BCUT2D eigenvalue weighted by molar-refractivity contribution is -0.145. The second-order valence-corrected chi connectivity index (χ2v) is 5.15. The summed E-state index contributed by atoms with van der Waals surface area (Å²) in [5.74, 6) is -0.495. The summed E-state index contributed by atoms with van der Waals surface area (Å²) < 4.78 is 6.83. The number of nitrogens with two attached hydrogens (primary N) is 1. The molecule has 0 radical (unpaired) electrons. The molecular formula is C11H13Br2NO3. The number of aliphatic carboxylic acids is 1. The fourth-order valence-electron chi connectivity index (χ4n) is 1.29. The van der Waals surface area contributed by atoms with Crippen molar-refractivity contribution < 1.29 is 14.6 Å². The molecule has 0 aliphatic carbocycles. The van der Waals surface area contributed by atoms with Gasteiger partial charge in [-0.1, -0.05) is 6.92 Å². The van der Waals surface area contributed by atoms with E-state index in [-0.39, 0.29) is 0 Å². The second kappa shape index (κ2) is 6.37. The molecule has 0 saturated heterocycles. The van der Waals surface area contributed by atoms with Gasteiger partial charge in [0.05, 0.1) is 8.95 Å². The fraction of sp³-hybridized carbons (Fsp3) is 0.364. The van der Waals surface area contributed by atoms with E-state index in [1.807, 2.05) is 12.1 Å². The lowest BCUT2D eigenvalue weighted by Gasteiger charge is -2.16. The summed E-state index contributed by atoms with van der Waals surface area (Å²) in [6, 6.07) is 3.63. The van der Waals surface area contributed by atoms with Gasteiger partial charge < -0.3 is 15.6 Å². The third-order valence-corrected chi connectivity index (χ3v) is 3.38. The van der Waals surface area contributed by atoms with Gasteiger partial charge in [-0.25, -0.2) is 4.79 Å². The highest BCUT2D eigenvalue weighted by atomic mass is 79.9. The first-order chi connectivity index (χ1) is 7.99. The van der Waals surface area contributed by atoms with E-state index in [0.29, 0.717) is 27.7 Å². The Hall–Kier alpha value is -0.590. The van der Waals surface area contributed by atoms with Crippen LogP contribution in [0.1, 0.15) is 18.9 Å². The van der Waals surface area contributed by atoms with Gasteiger partial charge in [0.2, 0.25) is 0 Å². The Morgan fingerprint density at radius 3 is 2.35 bits per heavy atom. The number of benzene rings is 1. The van der Waals surface area contributed by atoms with Gasteiger partial charge in [0.15, 0.2) is 6.10 Å². The molecule has 0 spiro atoms. The molecule has 0 aliphatic heterocycles. The Kier molecular flexibility index (Phi) is 5.42. The lowest BCUT2D eigenvalue weighted by Crippen LogP contribution is -2.26. The van der Waals surface area contributed by atoms with Crippen LogP contribution in [0.25, 0.3) is 0 Å². The van der Waals surface area contributed by atoms with Crippen LogP contribution < -0.4 is 10.5 Å². The zero-order chi connectivity index (χ0) is 13.0. The molecule has 0 fully saturated rings. The van der Waals surface area contributed by atoms with Crippen LogP contribution in [-0.4, -0.2) is 17.2 Å².